The van der Waals surface area contributed by atoms with E-state index in [1.165, 1.54) is 24.1 Å². The van der Waals surface area contributed by atoms with Crippen molar-refractivity contribution in [3.8, 4) is 0 Å². The monoisotopic (exact) mass is 507 g/mol. The molecule has 7 nitrogen and oxygen atoms in total. The first kappa shape index (κ1) is 26.9. The maximum absolute atomic E-state index is 13.7. The van der Waals surface area contributed by atoms with E-state index in [2.05, 4.69) is 5.32 Å². The van der Waals surface area contributed by atoms with Crippen LogP contribution in [0.15, 0.2) is 83.8 Å². The lowest BCUT2D eigenvalue weighted by atomic mass is 10.1. The number of carbonyl (C=O) groups is 2. The summed E-state index contributed by atoms with van der Waals surface area (Å²) in [7, 11) is -2.53. The molecule has 0 bridgehead atoms. The van der Waals surface area contributed by atoms with Crippen LogP contribution in [-0.4, -0.2) is 51.3 Å². The molecule has 1 unspecified atom stereocenters. The minimum Gasteiger partial charge on any atom is -0.357 e. The van der Waals surface area contributed by atoms with Gasteiger partial charge in [-0.15, -0.1) is 0 Å². The van der Waals surface area contributed by atoms with Gasteiger partial charge in [-0.1, -0.05) is 65.7 Å². The van der Waals surface area contributed by atoms with Gasteiger partial charge in [0.15, 0.2) is 0 Å². The SMILES string of the molecule is CNC(=O)C(C)N(CCc1ccccc1)C(=O)CN(c1ccc(C)cc1)S(=O)(=O)c1ccc(C)cc1. The van der Waals surface area contributed by atoms with Crippen LogP contribution in [0.1, 0.15) is 23.6 Å². The van der Waals surface area contributed by atoms with Crippen LogP contribution in [0.3, 0.4) is 0 Å². The molecule has 190 valence electrons. The number of carbonyl (C=O) groups excluding carboxylic acids is 2. The second-order valence-corrected chi connectivity index (χ2v) is 10.6. The quantitative estimate of drug-likeness (QED) is 0.453. The van der Waals surface area contributed by atoms with Crippen LogP contribution >= 0.6 is 0 Å². The van der Waals surface area contributed by atoms with Gasteiger partial charge in [-0.25, -0.2) is 8.42 Å². The summed E-state index contributed by atoms with van der Waals surface area (Å²) in [5.74, 6) is -0.780. The van der Waals surface area contributed by atoms with E-state index in [4.69, 9.17) is 0 Å². The van der Waals surface area contributed by atoms with Crippen LogP contribution in [0.25, 0.3) is 0 Å². The summed E-state index contributed by atoms with van der Waals surface area (Å²) in [6.45, 7) is 5.26. The Bertz CT molecular complexity index is 1270. The minimum atomic E-state index is -4.05. The Morgan fingerprint density at radius 2 is 1.42 bits per heavy atom. The summed E-state index contributed by atoms with van der Waals surface area (Å²) >= 11 is 0. The molecule has 0 saturated heterocycles. The predicted octanol–water partition coefficient (Wildman–Crippen LogP) is 3.70. The highest BCUT2D eigenvalue weighted by molar-refractivity contribution is 7.92. The molecule has 0 heterocycles. The fourth-order valence-corrected chi connectivity index (χ4v) is 5.27. The number of benzene rings is 3. The zero-order chi connectivity index (χ0) is 26.3. The van der Waals surface area contributed by atoms with Crippen LogP contribution in [0.4, 0.5) is 5.69 Å². The normalized spacial score (nSPS) is 12.0. The first-order chi connectivity index (χ1) is 17.1. The molecule has 0 aliphatic heterocycles. The second kappa shape index (κ2) is 11.9. The van der Waals surface area contributed by atoms with Crippen molar-refractivity contribution in [2.24, 2.45) is 0 Å². The summed E-state index contributed by atoms with van der Waals surface area (Å²) in [6.07, 6.45) is 0.531. The molecule has 3 rings (SSSR count). The molecule has 36 heavy (non-hydrogen) atoms. The first-order valence-corrected chi connectivity index (χ1v) is 13.3. The molecular weight excluding hydrogens is 474 g/mol. The molecule has 1 atom stereocenters. The summed E-state index contributed by atoms with van der Waals surface area (Å²) in [6, 6.07) is 22.4. The molecule has 0 fully saturated rings. The topological polar surface area (TPSA) is 86.8 Å². The van der Waals surface area contributed by atoms with E-state index in [1.54, 1.807) is 43.3 Å². The Morgan fingerprint density at radius 1 is 0.861 bits per heavy atom. The van der Waals surface area contributed by atoms with E-state index in [-0.39, 0.29) is 17.3 Å². The predicted molar refractivity (Wildman–Crippen MR) is 142 cm³/mol. The summed E-state index contributed by atoms with van der Waals surface area (Å²) in [4.78, 5) is 27.7. The third-order valence-electron chi connectivity index (χ3n) is 6.11. The molecule has 0 saturated carbocycles. The maximum Gasteiger partial charge on any atom is 0.264 e. The number of sulfonamides is 1. The average molecular weight is 508 g/mol. The number of hydrogen-bond acceptors (Lipinski definition) is 4. The molecule has 3 aromatic carbocycles. The van der Waals surface area contributed by atoms with Gasteiger partial charge in [-0.3, -0.25) is 13.9 Å². The van der Waals surface area contributed by atoms with Crippen molar-refractivity contribution in [1.29, 1.82) is 0 Å². The van der Waals surface area contributed by atoms with Gasteiger partial charge in [0.2, 0.25) is 11.8 Å². The smallest absolute Gasteiger partial charge is 0.264 e. The van der Waals surface area contributed by atoms with Crippen LogP contribution in [0.2, 0.25) is 0 Å². The Hall–Kier alpha value is -3.65. The van der Waals surface area contributed by atoms with Gasteiger partial charge in [0.25, 0.3) is 10.0 Å². The summed E-state index contributed by atoms with van der Waals surface area (Å²) in [5.41, 5.74) is 3.29. The number of rotatable bonds is 10. The number of nitrogens with one attached hydrogen (secondary N) is 1. The van der Waals surface area contributed by atoms with Crippen molar-refractivity contribution in [2.75, 3.05) is 24.4 Å². The van der Waals surface area contributed by atoms with Gasteiger partial charge < -0.3 is 10.2 Å². The zero-order valence-electron chi connectivity index (χ0n) is 21.1. The van der Waals surface area contributed by atoms with Gasteiger partial charge in [-0.05, 0) is 57.0 Å². The summed E-state index contributed by atoms with van der Waals surface area (Å²) in [5, 5.41) is 2.59. The highest BCUT2D eigenvalue weighted by atomic mass is 32.2. The van der Waals surface area contributed by atoms with Gasteiger partial charge >= 0.3 is 0 Å². The lowest BCUT2D eigenvalue weighted by Crippen LogP contribution is -2.51. The highest BCUT2D eigenvalue weighted by Gasteiger charge is 2.32. The largest absolute Gasteiger partial charge is 0.357 e. The molecule has 8 heteroatoms. The van der Waals surface area contributed by atoms with E-state index in [0.29, 0.717) is 12.1 Å². The fraction of sp³-hybridized carbons (Fsp3) is 0.286. The highest BCUT2D eigenvalue weighted by Crippen LogP contribution is 2.25. The Labute approximate surface area is 213 Å². The van der Waals surface area contributed by atoms with Crippen molar-refractivity contribution in [1.82, 2.24) is 10.2 Å². The van der Waals surface area contributed by atoms with Gasteiger partial charge in [0.1, 0.15) is 12.6 Å². The lowest BCUT2D eigenvalue weighted by molar-refractivity contribution is -0.138. The molecular formula is C28H33N3O4S. The third-order valence-corrected chi connectivity index (χ3v) is 7.90. The van der Waals surface area contributed by atoms with Crippen molar-refractivity contribution >= 4 is 27.5 Å². The number of nitrogens with zero attached hydrogens (tertiary/aromatic N) is 2. The number of anilines is 1. The molecule has 0 spiro atoms. The molecule has 0 aliphatic rings. The van der Waals surface area contributed by atoms with E-state index in [0.717, 1.165) is 21.0 Å². The number of likely N-dealkylation sites (N-methyl/N-ethyl adjacent to an activating group) is 1. The Morgan fingerprint density at radius 3 is 1.97 bits per heavy atom. The molecule has 1 N–H and O–H groups in total. The van der Waals surface area contributed by atoms with E-state index >= 15 is 0 Å². The van der Waals surface area contributed by atoms with E-state index < -0.39 is 28.5 Å². The number of hydrogen-bond donors (Lipinski definition) is 1. The molecule has 0 radical (unpaired) electrons. The van der Waals surface area contributed by atoms with Gasteiger partial charge in [0, 0.05) is 13.6 Å². The van der Waals surface area contributed by atoms with Gasteiger partial charge in [0.05, 0.1) is 10.6 Å². The van der Waals surface area contributed by atoms with E-state index in [1.807, 2.05) is 44.2 Å². The Balaban J connectivity index is 1.96. The Kier molecular flexibility index (Phi) is 8.88. The zero-order valence-corrected chi connectivity index (χ0v) is 22.0. The van der Waals surface area contributed by atoms with Crippen molar-refractivity contribution in [3.63, 3.8) is 0 Å². The minimum absolute atomic E-state index is 0.0941. The van der Waals surface area contributed by atoms with Crippen molar-refractivity contribution < 1.29 is 18.0 Å². The van der Waals surface area contributed by atoms with Crippen LogP contribution in [0.5, 0.6) is 0 Å². The lowest BCUT2D eigenvalue weighted by Gasteiger charge is -2.31. The standard InChI is InChI=1S/C28H33N3O4S/c1-21-10-14-25(15-11-21)31(36(34,35)26-16-12-22(2)13-17-26)20-27(32)30(23(3)28(33)29-4)19-18-24-8-6-5-7-9-24/h5-17,23H,18-20H2,1-4H3,(H,29,33). The van der Waals surface area contributed by atoms with E-state index in [9.17, 15) is 18.0 Å². The van der Waals surface area contributed by atoms with Crippen LogP contribution in [0, 0.1) is 13.8 Å². The van der Waals surface area contributed by atoms with Crippen LogP contribution in [-0.2, 0) is 26.0 Å². The van der Waals surface area contributed by atoms with Crippen molar-refractivity contribution in [3.05, 3.63) is 95.6 Å². The maximum atomic E-state index is 13.7. The molecule has 0 aliphatic carbocycles. The van der Waals surface area contributed by atoms with Crippen molar-refractivity contribution in [2.45, 2.75) is 38.1 Å². The summed E-state index contributed by atoms with van der Waals surface area (Å²) < 4.78 is 28.5. The number of aryl methyl sites for hydroxylation is 2. The molecule has 0 aromatic heterocycles. The number of amides is 2. The average Bonchev–Trinajstić information content (AvgIpc) is 2.88. The molecule has 2 amide bonds. The van der Waals surface area contributed by atoms with Crippen LogP contribution < -0.4 is 9.62 Å². The first-order valence-electron chi connectivity index (χ1n) is 11.8. The fourth-order valence-electron chi connectivity index (χ4n) is 3.86. The third kappa shape index (κ3) is 6.51. The molecule has 3 aromatic rings. The second-order valence-electron chi connectivity index (χ2n) is 8.77. The van der Waals surface area contributed by atoms with Gasteiger partial charge in [-0.2, -0.15) is 0 Å².